The van der Waals surface area contributed by atoms with Crippen LogP contribution in [0.4, 0.5) is 30.6 Å². The molecule has 2 N–H and O–H groups in total. The van der Waals surface area contributed by atoms with E-state index in [0.29, 0.717) is 40.8 Å². The highest BCUT2D eigenvalue weighted by Crippen LogP contribution is 2.29. The molecule has 0 aliphatic rings. The van der Waals surface area contributed by atoms with Crippen molar-refractivity contribution in [2.75, 3.05) is 17.2 Å². The number of nitriles is 1. The quantitative estimate of drug-likeness (QED) is 0.601. The van der Waals surface area contributed by atoms with Crippen LogP contribution >= 0.6 is 0 Å². The zero-order chi connectivity index (χ0) is 20.9. The average molecular weight is 399 g/mol. The Bertz CT molecular complexity index is 1050. The highest BCUT2D eigenvalue weighted by Gasteiger charge is 2.31. The monoisotopic (exact) mass is 399 g/mol. The van der Waals surface area contributed by atoms with Gasteiger partial charge in [-0.3, -0.25) is 0 Å². The molecule has 0 fully saturated rings. The summed E-state index contributed by atoms with van der Waals surface area (Å²) in [7, 11) is 0. The summed E-state index contributed by atoms with van der Waals surface area (Å²) in [4.78, 5) is 8.71. The lowest BCUT2D eigenvalue weighted by Gasteiger charge is -2.12. The zero-order valence-corrected chi connectivity index (χ0v) is 15.3. The fourth-order valence-corrected chi connectivity index (χ4v) is 2.56. The Hall–Kier alpha value is -3.80. The largest absolute Gasteiger partial charge is 0.573 e. The molecule has 0 amide bonds. The smallest absolute Gasteiger partial charge is 0.406 e. The Balaban J connectivity index is 1.97. The number of alkyl halides is 3. The summed E-state index contributed by atoms with van der Waals surface area (Å²) < 4.78 is 41.5. The highest BCUT2D eigenvalue weighted by molar-refractivity contribution is 5.68. The van der Waals surface area contributed by atoms with E-state index in [4.69, 9.17) is 5.26 Å². The number of nitrogens with one attached hydrogen (secondary N) is 2. The van der Waals surface area contributed by atoms with Crippen molar-refractivity contribution < 1.29 is 17.9 Å². The molecule has 3 aromatic rings. The molecule has 9 heteroatoms. The lowest BCUT2D eigenvalue weighted by atomic mass is 10.1. The first kappa shape index (κ1) is 19.9. The second-order valence-electron chi connectivity index (χ2n) is 5.89. The van der Waals surface area contributed by atoms with Crippen molar-refractivity contribution in [2.45, 2.75) is 13.3 Å². The van der Waals surface area contributed by atoms with Crippen LogP contribution in [0.5, 0.6) is 5.75 Å². The third-order valence-corrected chi connectivity index (χ3v) is 3.69. The second kappa shape index (κ2) is 8.48. The molecule has 0 spiro atoms. The first-order valence-corrected chi connectivity index (χ1v) is 8.62. The normalized spacial score (nSPS) is 10.9. The van der Waals surface area contributed by atoms with Crippen LogP contribution in [-0.2, 0) is 0 Å². The van der Waals surface area contributed by atoms with Gasteiger partial charge in [0, 0.05) is 23.9 Å². The van der Waals surface area contributed by atoms with E-state index in [2.05, 4.69) is 31.4 Å². The number of halogens is 3. The van der Waals surface area contributed by atoms with Crippen molar-refractivity contribution in [2.24, 2.45) is 0 Å². The van der Waals surface area contributed by atoms with Gasteiger partial charge in [0.2, 0.25) is 5.95 Å². The molecule has 29 heavy (non-hydrogen) atoms. The van der Waals surface area contributed by atoms with Crippen molar-refractivity contribution in [1.29, 1.82) is 5.26 Å². The molecular weight excluding hydrogens is 383 g/mol. The molecular formula is C20H16F3N5O. The molecule has 0 aliphatic carbocycles. The van der Waals surface area contributed by atoms with Gasteiger partial charge >= 0.3 is 6.36 Å². The maximum atomic E-state index is 12.5. The molecule has 148 valence electrons. The topological polar surface area (TPSA) is 82.9 Å². The number of ether oxygens (including phenoxy) is 1. The van der Waals surface area contributed by atoms with E-state index in [1.165, 1.54) is 18.2 Å². The van der Waals surface area contributed by atoms with E-state index in [1.54, 1.807) is 36.4 Å². The van der Waals surface area contributed by atoms with Gasteiger partial charge in [-0.1, -0.05) is 18.2 Å². The molecule has 0 aliphatic heterocycles. The molecule has 0 saturated carbocycles. The van der Waals surface area contributed by atoms with Gasteiger partial charge in [-0.25, -0.2) is 4.98 Å². The molecule has 0 unspecified atom stereocenters. The van der Waals surface area contributed by atoms with Crippen LogP contribution in [0.2, 0.25) is 0 Å². The Morgan fingerprint density at radius 2 is 1.86 bits per heavy atom. The lowest BCUT2D eigenvalue weighted by molar-refractivity contribution is -0.274. The summed E-state index contributed by atoms with van der Waals surface area (Å²) >= 11 is 0. The van der Waals surface area contributed by atoms with Crippen LogP contribution in [0, 0.1) is 11.3 Å². The third-order valence-electron chi connectivity index (χ3n) is 3.69. The van der Waals surface area contributed by atoms with Gasteiger partial charge < -0.3 is 15.4 Å². The van der Waals surface area contributed by atoms with Gasteiger partial charge in [0.1, 0.15) is 11.6 Å². The van der Waals surface area contributed by atoms with Crippen LogP contribution in [0.1, 0.15) is 12.5 Å². The molecule has 2 aromatic carbocycles. The maximum absolute atomic E-state index is 12.5. The van der Waals surface area contributed by atoms with Gasteiger partial charge in [0.05, 0.1) is 17.3 Å². The van der Waals surface area contributed by atoms with Gasteiger partial charge in [-0.05, 0) is 37.3 Å². The van der Waals surface area contributed by atoms with E-state index in [1.807, 2.05) is 6.92 Å². The Morgan fingerprint density at radius 1 is 1.07 bits per heavy atom. The van der Waals surface area contributed by atoms with E-state index in [-0.39, 0.29) is 5.75 Å². The summed E-state index contributed by atoms with van der Waals surface area (Å²) in [6.07, 6.45) is -4.78. The van der Waals surface area contributed by atoms with Gasteiger partial charge in [-0.2, -0.15) is 10.2 Å². The predicted molar refractivity (Wildman–Crippen MR) is 103 cm³/mol. The number of hydrogen-bond acceptors (Lipinski definition) is 6. The summed E-state index contributed by atoms with van der Waals surface area (Å²) in [6, 6.07) is 16.0. The van der Waals surface area contributed by atoms with Crippen LogP contribution in [0.25, 0.3) is 11.3 Å². The molecule has 1 heterocycles. The molecule has 0 saturated heterocycles. The van der Waals surface area contributed by atoms with E-state index < -0.39 is 6.36 Å². The Kier molecular flexibility index (Phi) is 5.83. The maximum Gasteiger partial charge on any atom is 0.573 e. The number of nitrogens with zero attached hydrogens (tertiary/aromatic N) is 3. The number of hydrogen-bond donors (Lipinski definition) is 2. The summed E-state index contributed by atoms with van der Waals surface area (Å²) in [6.45, 7) is 2.43. The lowest BCUT2D eigenvalue weighted by Crippen LogP contribution is -2.17. The standard InChI is InChI=1S/C20H16F3N5O/c1-2-25-19-27-17(14-6-4-8-16(10-14)29-20(21,22)23)11-18(28-19)26-15-7-3-5-13(9-15)12-24/h3-11H,2H2,1H3,(H2,25,26,27,28). The predicted octanol–water partition coefficient (Wildman–Crippen LogP) is 5.09. The van der Waals surface area contributed by atoms with Crippen molar-refractivity contribution in [3.8, 4) is 23.1 Å². The fraction of sp³-hybridized carbons (Fsp3) is 0.150. The van der Waals surface area contributed by atoms with Crippen molar-refractivity contribution in [3.63, 3.8) is 0 Å². The minimum atomic E-state index is -4.78. The molecule has 6 nitrogen and oxygen atoms in total. The van der Waals surface area contributed by atoms with E-state index >= 15 is 0 Å². The number of aromatic nitrogens is 2. The van der Waals surface area contributed by atoms with Crippen LogP contribution < -0.4 is 15.4 Å². The third kappa shape index (κ3) is 5.59. The summed E-state index contributed by atoms with van der Waals surface area (Å²) in [5, 5.41) is 15.1. The highest BCUT2D eigenvalue weighted by atomic mass is 19.4. The minimum absolute atomic E-state index is 0.311. The molecule has 0 atom stereocenters. The number of anilines is 3. The van der Waals surface area contributed by atoms with Gasteiger partial charge in [0.15, 0.2) is 0 Å². The van der Waals surface area contributed by atoms with Crippen molar-refractivity contribution in [3.05, 3.63) is 60.2 Å². The van der Waals surface area contributed by atoms with Gasteiger partial charge in [-0.15, -0.1) is 13.2 Å². The van der Waals surface area contributed by atoms with E-state index in [9.17, 15) is 13.2 Å². The van der Waals surface area contributed by atoms with Gasteiger partial charge in [0.25, 0.3) is 0 Å². The summed E-state index contributed by atoms with van der Waals surface area (Å²) in [5.74, 6) is 0.393. The SMILES string of the molecule is CCNc1nc(Nc2cccc(C#N)c2)cc(-c2cccc(OC(F)(F)F)c2)n1. The molecule has 3 rings (SSSR count). The van der Waals surface area contributed by atoms with Crippen LogP contribution in [-0.4, -0.2) is 22.9 Å². The zero-order valence-electron chi connectivity index (χ0n) is 15.3. The van der Waals surface area contributed by atoms with Crippen LogP contribution in [0.3, 0.4) is 0 Å². The fourth-order valence-electron chi connectivity index (χ4n) is 2.56. The number of rotatable bonds is 6. The first-order valence-electron chi connectivity index (χ1n) is 8.62. The van der Waals surface area contributed by atoms with Crippen molar-refractivity contribution in [1.82, 2.24) is 9.97 Å². The average Bonchev–Trinajstić information content (AvgIpc) is 2.67. The molecule has 1 aromatic heterocycles. The van der Waals surface area contributed by atoms with Crippen LogP contribution in [0.15, 0.2) is 54.6 Å². The first-order chi connectivity index (χ1) is 13.9. The van der Waals surface area contributed by atoms with Crippen molar-refractivity contribution >= 4 is 17.5 Å². The molecule has 0 radical (unpaired) electrons. The summed E-state index contributed by atoms with van der Waals surface area (Å²) in [5.41, 5.74) is 1.96. The number of benzene rings is 2. The van der Waals surface area contributed by atoms with E-state index in [0.717, 1.165) is 0 Å². The molecule has 0 bridgehead atoms. The minimum Gasteiger partial charge on any atom is -0.406 e. The Labute approximate surface area is 165 Å². The Morgan fingerprint density at radius 3 is 2.59 bits per heavy atom. The second-order valence-corrected chi connectivity index (χ2v) is 5.89.